The Morgan fingerprint density at radius 1 is 1.11 bits per heavy atom. The van der Waals surface area contributed by atoms with Gasteiger partial charge in [-0.1, -0.05) is 26.2 Å². The maximum Gasteiger partial charge on any atom is -0.0352 e. The van der Waals surface area contributed by atoms with E-state index in [1.54, 1.807) is 12.8 Å². The van der Waals surface area contributed by atoms with Gasteiger partial charge in [-0.3, -0.25) is 0 Å². The van der Waals surface area contributed by atoms with Crippen LogP contribution in [0.1, 0.15) is 39.0 Å². The number of fused-ring (bicyclic) bond motifs is 1. The SMILES string of the molecule is CCC1[C@@H]2CCCC[C@@H]12. The number of rotatable bonds is 1. The van der Waals surface area contributed by atoms with Gasteiger partial charge in [0.25, 0.3) is 0 Å². The Morgan fingerprint density at radius 2 is 1.67 bits per heavy atom. The van der Waals surface area contributed by atoms with Crippen molar-refractivity contribution in [1.29, 1.82) is 0 Å². The monoisotopic (exact) mass is 124 g/mol. The molecule has 0 saturated heterocycles. The molecule has 2 atom stereocenters. The van der Waals surface area contributed by atoms with Crippen molar-refractivity contribution in [1.82, 2.24) is 0 Å². The Kier molecular flexibility index (Phi) is 1.28. The van der Waals surface area contributed by atoms with Crippen molar-refractivity contribution in [3.05, 3.63) is 0 Å². The summed E-state index contributed by atoms with van der Waals surface area (Å²) in [5, 5.41) is 0. The van der Waals surface area contributed by atoms with E-state index in [1.165, 1.54) is 31.1 Å². The largest absolute Gasteiger partial charge is 0.0651 e. The molecule has 52 valence electrons. The summed E-state index contributed by atoms with van der Waals surface area (Å²) in [6, 6.07) is 0. The molecular weight excluding hydrogens is 108 g/mol. The zero-order valence-electron chi connectivity index (χ0n) is 6.27. The van der Waals surface area contributed by atoms with E-state index < -0.39 is 0 Å². The van der Waals surface area contributed by atoms with Crippen molar-refractivity contribution in [2.75, 3.05) is 0 Å². The first-order chi connectivity index (χ1) is 4.43. The zero-order valence-corrected chi connectivity index (χ0v) is 6.27. The third kappa shape index (κ3) is 0.798. The summed E-state index contributed by atoms with van der Waals surface area (Å²) in [6.07, 6.45) is 7.62. The van der Waals surface area contributed by atoms with Crippen molar-refractivity contribution >= 4 is 0 Å². The highest BCUT2D eigenvalue weighted by Gasteiger charge is 2.48. The van der Waals surface area contributed by atoms with E-state index in [4.69, 9.17) is 0 Å². The minimum atomic E-state index is 1.16. The minimum Gasteiger partial charge on any atom is -0.0651 e. The van der Waals surface area contributed by atoms with E-state index in [9.17, 15) is 0 Å². The van der Waals surface area contributed by atoms with Crippen molar-refractivity contribution in [2.45, 2.75) is 39.0 Å². The van der Waals surface area contributed by atoms with Gasteiger partial charge in [0, 0.05) is 0 Å². The fourth-order valence-electron chi connectivity index (χ4n) is 2.75. The van der Waals surface area contributed by atoms with Crippen LogP contribution in [0.3, 0.4) is 0 Å². The summed E-state index contributed by atoms with van der Waals surface area (Å²) in [4.78, 5) is 0. The van der Waals surface area contributed by atoms with Gasteiger partial charge in [-0.2, -0.15) is 0 Å². The predicted molar refractivity (Wildman–Crippen MR) is 39.2 cm³/mol. The van der Waals surface area contributed by atoms with Gasteiger partial charge >= 0.3 is 0 Å². The molecule has 0 radical (unpaired) electrons. The van der Waals surface area contributed by atoms with E-state index in [1.807, 2.05) is 0 Å². The van der Waals surface area contributed by atoms with Crippen LogP contribution in [0.5, 0.6) is 0 Å². The molecule has 0 aromatic carbocycles. The average molecular weight is 124 g/mol. The summed E-state index contributed by atoms with van der Waals surface area (Å²) in [6.45, 7) is 2.35. The average Bonchev–Trinajstić information content (AvgIpc) is 2.60. The van der Waals surface area contributed by atoms with Crippen LogP contribution in [0.4, 0.5) is 0 Å². The second-order valence-corrected chi connectivity index (χ2v) is 3.68. The van der Waals surface area contributed by atoms with Crippen LogP contribution in [-0.2, 0) is 0 Å². The predicted octanol–water partition coefficient (Wildman–Crippen LogP) is 2.83. The van der Waals surface area contributed by atoms with Crippen LogP contribution in [-0.4, -0.2) is 0 Å². The lowest BCUT2D eigenvalue weighted by atomic mass is 10.0. The summed E-state index contributed by atoms with van der Waals surface area (Å²) >= 11 is 0. The molecule has 0 unspecified atom stereocenters. The molecule has 2 aliphatic rings. The van der Waals surface area contributed by atoms with Crippen molar-refractivity contribution in [3.8, 4) is 0 Å². The van der Waals surface area contributed by atoms with Gasteiger partial charge in [-0.15, -0.1) is 0 Å². The minimum absolute atomic E-state index is 1.16. The maximum absolute atomic E-state index is 2.35. The summed E-state index contributed by atoms with van der Waals surface area (Å²) < 4.78 is 0. The molecule has 0 heterocycles. The van der Waals surface area contributed by atoms with E-state index >= 15 is 0 Å². The highest BCUT2D eigenvalue weighted by molar-refractivity contribution is 4.97. The van der Waals surface area contributed by atoms with Crippen LogP contribution in [0, 0.1) is 17.8 Å². The first-order valence-corrected chi connectivity index (χ1v) is 4.43. The van der Waals surface area contributed by atoms with Crippen LogP contribution in [0.25, 0.3) is 0 Å². The van der Waals surface area contributed by atoms with Gasteiger partial charge in [-0.25, -0.2) is 0 Å². The van der Waals surface area contributed by atoms with Crippen LogP contribution >= 0.6 is 0 Å². The third-order valence-electron chi connectivity index (χ3n) is 3.31. The van der Waals surface area contributed by atoms with Gasteiger partial charge in [0.2, 0.25) is 0 Å². The molecule has 0 aromatic heterocycles. The topological polar surface area (TPSA) is 0 Å². The molecule has 2 aliphatic carbocycles. The summed E-state index contributed by atoms with van der Waals surface area (Å²) in [5.41, 5.74) is 0. The molecule has 0 spiro atoms. The third-order valence-corrected chi connectivity index (χ3v) is 3.31. The van der Waals surface area contributed by atoms with Crippen LogP contribution < -0.4 is 0 Å². The van der Waals surface area contributed by atoms with Gasteiger partial charge in [0.1, 0.15) is 0 Å². The van der Waals surface area contributed by atoms with E-state index in [0.717, 1.165) is 5.92 Å². The van der Waals surface area contributed by atoms with Gasteiger partial charge in [0.15, 0.2) is 0 Å². The molecule has 0 heteroatoms. The fraction of sp³-hybridized carbons (Fsp3) is 1.00. The van der Waals surface area contributed by atoms with Crippen molar-refractivity contribution < 1.29 is 0 Å². The van der Waals surface area contributed by atoms with Crippen molar-refractivity contribution in [3.63, 3.8) is 0 Å². The van der Waals surface area contributed by atoms with E-state index in [2.05, 4.69) is 6.92 Å². The number of hydrogen-bond acceptors (Lipinski definition) is 0. The quantitative estimate of drug-likeness (QED) is 0.504. The van der Waals surface area contributed by atoms with Gasteiger partial charge in [-0.05, 0) is 30.6 Å². The summed E-state index contributed by atoms with van der Waals surface area (Å²) in [7, 11) is 0. The summed E-state index contributed by atoms with van der Waals surface area (Å²) in [5.74, 6) is 3.53. The van der Waals surface area contributed by atoms with Gasteiger partial charge < -0.3 is 0 Å². The Balaban J connectivity index is 1.91. The fourth-order valence-corrected chi connectivity index (χ4v) is 2.75. The molecule has 0 nitrogen and oxygen atoms in total. The molecule has 0 aromatic rings. The lowest BCUT2D eigenvalue weighted by Crippen LogP contribution is -1.91. The molecule has 2 rings (SSSR count). The Labute approximate surface area is 57.6 Å². The molecule has 0 N–H and O–H groups in total. The van der Waals surface area contributed by atoms with Gasteiger partial charge in [0.05, 0.1) is 0 Å². The lowest BCUT2D eigenvalue weighted by Gasteiger charge is -2.05. The lowest BCUT2D eigenvalue weighted by molar-refractivity contribution is 0.480. The Hall–Kier alpha value is 0. The highest BCUT2D eigenvalue weighted by atomic mass is 14.5. The smallest absolute Gasteiger partial charge is 0.0352 e. The first-order valence-electron chi connectivity index (χ1n) is 4.43. The second kappa shape index (κ2) is 2.00. The van der Waals surface area contributed by atoms with E-state index in [-0.39, 0.29) is 0 Å². The highest BCUT2D eigenvalue weighted by Crippen LogP contribution is 2.56. The standard InChI is InChI=1S/C9H16/c1-2-7-8-5-3-4-6-9(7)8/h7-9H,2-6H2,1H3/t8-,9-/m0/s1. The zero-order chi connectivity index (χ0) is 6.27. The van der Waals surface area contributed by atoms with Crippen LogP contribution in [0.2, 0.25) is 0 Å². The molecule has 2 saturated carbocycles. The van der Waals surface area contributed by atoms with E-state index in [0.29, 0.717) is 0 Å². The molecule has 0 bridgehead atoms. The Bertz CT molecular complexity index is 87.9. The van der Waals surface area contributed by atoms with Crippen LogP contribution in [0.15, 0.2) is 0 Å². The molecule has 0 amide bonds. The maximum atomic E-state index is 2.35. The molecular formula is C9H16. The Morgan fingerprint density at radius 3 is 2.11 bits per heavy atom. The van der Waals surface area contributed by atoms with Crippen molar-refractivity contribution in [2.24, 2.45) is 17.8 Å². The molecule has 9 heavy (non-hydrogen) atoms. The second-order valence-electron chi connectivity index (χ2n) is 3.68. The first kappa shape index (κ1) is 5.76. The molecule has 2 fully saturated rings. The molecule has 0 aliphatic heterocycles. The normalized spacial score (nSPS) is 48.3. The number of hydrogen-bond donors (Lipinski definition) is 0.